The Morgan fingerprint density at radius 1 is 1.04 bits per heavy atom. The first-order valence-electron chi connectivity index (χ1n) is 14.1. The molecule has 0 aliphatic rings. The number of carboxylic acids is 1. The van der Waals surface area contributed by atoms with E-state index in [1.54, 1.807) is 16.9 Å². The van der Waals surface area contributed by atoms with E-state index in [4.69, 9.17) is 0 Å². The van der Waals surface area contributed by atoms with Crippen LogP contribution in [0.25, 0.3) is 22.6 Å². The second kappa shape index (κ2) is 13.5. The Morgan fingerprint density at radius 2 is 1.80 bits per heavy atom. The fourth-order valence-corrected chi connectivity index (χ4v) is 5.07. The zero-order valence-corrected chi connectivity index (χ0v) is 24.1. The summed E-state index contributed by atoms with van der Waals surface area (Å²) in [5, 5.41) is 30.7. The molecule has 0 aliphatic heterocycles. The average Bonchev–Trinajstić information content (AvgIpc) is 3.68. The summed E-state index contributed by atoms with van der Waals surface area (Å²) in [6.45, 7) is 2.29. The van der Waals surface area contributed by atoms with Crippen LogP contribution in [0.5, 0.6) is 0 Å². The highest BCUT2D eigenvalue weighted by Gasteiger charge is 2.34. The molecule has 2 aromatic carbocycles. The highest BCUT2D eigenvalue weighted by molar-refractivity contribution is 5.93. The first kappa shape index (κ1) is 31.0. The van der Waals surface area contributed by atoms with Crippen LogP contribution in [0.1, 0.15) is 52.6 Å². The number of aryl methyl sites for hydroxylation is 1. The van der Waals surface area contributed by atoms with E-state index in [1.165, 1.54) is 18.2 Å². The maximum atomic E-state index is 13.5. The van der Waals surface area contributed by atoms with Gasteiger partial charge < -0.3 is 10.4 Å². The molecule has 0 bridgehead atoms. The normalized spacial score (nSPS) is 12.2. The van der Waals surface area contributed by atoms with Crippen molar-refractivity contribution in [2.24, 2.45) is 0 Å². The number of carboxylic acid groups (broad SMARTS) is 1. The summed E-state index contributed by atoms with van der Waals surface area (Å²) in [7, 11) is 0. The Hall–Kier alpha value is -5.40. The predicted octanol–water partition coefficient (Wildman–Crippen LogP) is 4.96. The average molecular weight is 619 g/mol. The molecule has 11 nitrogen and oxygen atoms in total. The number of nitrogens with zero attached hydrogens (tertiary/aromatic N) is 6. The number of halogens is 3. The van der Waals surface area contributed by atoms with Crippen molar-refractivity contribution in [1.29, 1.82) is 0 Å². The lowest BCUT2D eigenvalue weighted by molar-refractivity contribution is -0.138. The van der Waals surface area contributed by atoms with Gasteiger partial charge in [-0.05, 0) is 47.4 Å². The van der Waals surface area contributed by atoms with Crippen molar-refractivity contribution in [2.75, 3.05) is 0 Å². The number of hydrogen-bond acceptors (Lipinski definition) is 7. The Kier molecular flexibility index (Phi) is 9.31. The van der Waals surface area contributed by atoms with Gasteiger partial charge in [-0.15, -0.1) is 10.2 Å². The highest BCUT2D eigenvalue weighted by atomic mass is 19.4. The summed E-state index contributed by atoms with van der Waals surface area (Å²) in [5.41, 5.74) is 2.93. The van der Waals surface area contributed by atoms with E-state index in [-0.39, 0.29) is 17.7 Å². The molecule has 1 amide bonds. The van der Waals surface area contributed by atoms with Crippen LogP contribution in [0.15, 0.2) is 72.9 Å². The maximum absolute atomic E-state index is 13.5. The van der Waals surface area contributed by atoms with E-state index in [2.05, 4.69) is 36.0 Å². The van der Waals surface area contributed by atoms with Crippen LogP contribution in [0, 0.1) is 0 Å². The van der Waals surface area contributed by atoms with Gasteiger partial charge in [0.05, 0.1) is 24.2 Å². The molecule has 0 radical (unpaired) electrons. The summed E-state index contributed by atoms with van der Waals surface area (Å²) >= 11 is 0. The number of amides is 1. The molecule has 0 aliphatic carbocycles. The summed E-state index contributed by atoms with van der Waals surface area (Å²) in [5.74, 6) is -1.48. The molecule has 45 heavy (non-hydrogen) atoms. The SMILES string of the molecule is CCCc1cc(C(=O)NC(CC(=O)O)Cc2ccccc2C(F)(F)F)nn1Cc1ccc(-c2ccccc2-c2nn[nH]n2)nc1. The van der Waals surface area contributed by atoms with Gasteiger partial charge in [0.2, 0.25) is 5.82 Å². The molecule has 14 heteroatoms. The van der Waals surface area contributed by atoms with Gasteiger partial charge >= 0.3 is 12.1 Å². The van der Waals surface area contributed by atoms with Crippen molar-refractivity contribution >= 4 is 11.9 Å². The molecule has 5 aromatic rings. The number of hydrogen-bond donors (Lipinski definition) is 3. The van der Waals surface area contributed by atoms with Gasteiger partial charge in [-0.1, -0.05) is 61.9 Å². The third kappa shape index (κ3) is 7.58. The number of nitrogens with one attached hydrogen (secondary N) is 2. The molecule has 1 unspecified atom stereocenters. The van der Waals surface area contributed by atoms with E-state index in [0.29, 0.717) is 24.5 Å². The van der Waals surface area contributed by atoms with E-state index in [1.807, 2.05) is 43.3 Å². The first-order valence-corrected chi connectivity index (χ1v) is 14.1. The monoisotopic (exact) mass is 618 g/mol. The summed E-state index contributed by atoms with van der Waals surface area (Å²) in [6, 6.07) is 16.7. The van der Waals surface area contributed by atoms with Gasteiger partial charge in [-0.25, -0.2) is 0 Å². The van der Waals surface area contributed by atoms with Crippen LogP contribution < -0.4 is 5.32 Å². The third-order valence-corrected chi connectivity index (χ3v) is 7.09. The number of aromatic nitrogens is 7. The smallest absolute Gasteiger partial charge is 0.416 e. The standard InChI is InChI=1S/C31H29F3N8O3/c1-2-7-22-16-27(30(45)36-21(15-28(43)44)14-20-8-3-6-11-25(20)31(32,33)34)39-42(22)18-19-12-13-26(35-17-19)23-9-4-5-10-24(23)29-37-40-41-38-29/h3-6,8-13,16-17,21H,2,7,14-15,18H2,1H3,(H,36,45)(H,43,44)(H,37,38,40,41). The minimum Gasteiger partial charge on any atom is -0.481 e. The second-order valence-corrected chi connectivity index (χ2v) is 10.4. The summed E-state index contributed by atoms with van der Waals surface area (Å²) < 4.78 is 42.3. The third-order valence-electron chi connectivity index (χ3n) is 7.09. The van der Waals surface area contributed by atoms with Gasteiger partial charge in [0.25, 0.3) is 5.91 Å². The molecule has 3 heterocycles. The van der Waals surface area contributed by atoms with Gasteiger partial charge in [-0.3, -0.25) is 19.3 Å². The lowest BCUT2D eigenvalue weighted by atomic mass is 9.98. The highest BCUT2D eigenvalue weighted by Crippen LogP contribution is 2.33. The number of carbonyl (C=O) groups excluding carboxylic acids is 1. The van der Waals surface area contributed by atoms with E-state index in [0.717, 1.165) is 34.9 Å². The van der Waals surface area contributed by atoms with E-state index in [9.17, 15) is 27.9 Å². The largest absolute Gasteiger partial charge is 0.481 e. The Morgan fingerprint density at radius 3 is 2.47 bits per heavy atom. The number of pyridine rings is 1. The van der Waals surface area contributed by atoms with Crippen LogP contribution in [0.2, 0.25) is 0 Å². The molecule has 3 aromatic heterocycles. The van der Waals surface area contributed by atoms with Crippen molar-refractivity contribution in [1.82, 2.24) is 40.7 Å². The van der Waals surface area contributed by atoms with Crippen LogP contribution in [0.3, 0.4) is 0 Å². The number of alkyl halides is 3. The molecular formula is C31H29F3N8O3. The first-order chi connectivity index (χ1) is 21.6. The molecule has 0 fully saturated rings. The summed E-state index contributed by atoms with van der Waals surface area (Å²) in [4.78, 5) is 29.4. The van der Waals surface area contributed by atoms with Gasteiger partial charge in [0.15, 0.2) is 0 Å². The van der Waals surface area contributed by atoms with Gasteiger partial charge in [-0.2, -0.15) is 23.5 Å². The zero-order chi connectivity index (χ0) is 32.0. The number of tetrazole rings is 1. The lowest BCUT2D eigenvalue weighted by Crippen LogP contribution is -2.38. The topological polar surface area (TPSA) is 152 Å². The molecule has 0 saturated heterocycles. The molecule has 232 valence electrons. The molecular weight excluding hydrogens is 589 g/mol. The number of aliphatic carboxylic acids is 1. The number of rotatable bonds is 12. The molecule has 3 N–H and O–H groups in total. The molecule has 5 rings (SSSR count). The quantitative estimate of drug-likeness (QED) is 0.178. The number of aromatic amines is 1. The van der Waals surface area contributed by atoms with Crippen molar-refractivity contribution < 1.29 is 27.9 Å². The summed E-state index contributed by atoms with van der Waals surface area (Å²) in [6.07, 6.45) is -2.40. The zero-order valence-electron chi connectivity index (χ0n) is 24.1. The van der Waals surface area contributed by atoms with Crippen LogP contribution >= 0.6 is 0 Å². The Bertz CT molecular complexity index is 1770. The molecule has 1 atom stereocenters. The van der Waals surface area contributed by atoms with Crippen molar-refractivity contribution in [3.05, 3.63) is 101 Å². The minimum absolute atomic E-state index is 0.0385. The second-order valence-electron chi connectivity index (χ2n) is 10.4. The van der Waals surface area contributed by atoms with E-state index < -0.39 is 36.1 Å². The van der Waals surface area contributed by atoms with Crippen LogP contribution in [-0.2, 0) is 30.4 Å². The Labute approximate surface area is 255 Å². The molecule has 0 saturated carbocycles. The lowest BCUT2D eigenvalue weighted by Gasteiger charge is -2.19. The molecule has 0 spiro atoms. The maximum Gasteiger partial charge on any atom is 0.416 e. The predicted molar refractivity (Wildman–Crippen MR) is 157 cm³/mol. The van der Waals surface area contributed by atoms with Crippen molar-refractivity contribution in [2.45, 2.75) is 51.4 Å². The van der Waals surface area contributed by atoms with Crippen LogP contribution in [0.4, 0.5) is 13.2 Å². The van der Waals surface area contributed by atoms with Gasteiger partial charge in [0.1, 0.15) is 5.69 Å². The fourth-order valence-electron chi connectivity index (χ4n) is 5.07. The Balaban J connectivity index is 1.34. The number of H-pyrrole nitrogens is 1. The van der Waals surface area contributed by atoms with Crippen molar-refractivity contribution in [3.8, 4) is 22.6 Å². The number of carbonyl (C=O) groups is 2. The van der Waals surface area contributed by atoms with E-state index >= 15 is 0 Å². The number of benzene rings is 2. The van der Waals surface area contributed by atoms with Crippen molar-refractivity contribution in [3.63, 3.8) is 0 Å². The van der Waals surface area contributed by atoms with Crippen LogP contribution in [-0.4, -0.2) is 58.4 Å². The fraction of sp³-hybridized carbons (Fsp3) is 0.258. The minimum atomic E-state index is -4.62. The van der Waals surface area contributed by atoms with Gasteiger partial charge in [0, 0.05) is 29.1 Å².